The van der Waals surface area contributed by atoms with Crippen molar-refractivity contribution >= 4 is 11.7 Å². The summed E-state index contributed by atoms with van der Waals surface area (Å²) in [5.41, 5.74) is 6.71. The lowest BCUT2D eigenvalue weighted by atomic mass is 10.2. The van der Waals surface area contributed by atoms with E-state index in [0.717, 1.165) is 19.6 Å². The van der Waals surface area contributed by atoms with Crippen LogP contribution in [-0.4, -0.2) is 44.2 Å². The highest BCUT2D eigenvalue weighted by Crippen LogP contribution is 2.22. The molecule has 0 bridgehead atoms. The maximum atomic E-state index is 11.6. The van der Waals surface area contributed by atoms with Crippen molar-refractivity contribution in [1.82, 2.24) is 4.90 Å². The Kier molecular flexibility index (Phi) is 4.63. The summed E-state index contributed by atoms with van der Waals surface area (Å²) in [6, 6.07) is 4.96. The number of benzene rings is 1. The fourth-order valence-electron chi connectivity index (χ4n) is 2.23. The van der Waals surface area contributed by atoms with Crippen molar-refractivity contribution in [3.05, 3.63) is 23.8 Å². The second-order valence-corrected chi connectivity index (χ2v) is 4.64. The maximum Gasteiger partial charge on any atom is 0.341 e. The lowest BCUT2D eigenvalue weighted by Crippen LogP contribution is -2.25. The van der Waals surface area contributed by atoms with Gasteiger partial charge in [0.05, 0.1) is 7.11 Å². The van der Waals surface area contributed by atoms with Gasteiger partial charge in [-0.3, -0.25) is 4.90 Å². The first kappa shape index (κ1) is 13.7. The largest absolute Gasteiger partial charge is 0.491 e. The molecule has 0 aromatic heterocycles. The maximum absolute atomic E-state index is 11.6. The van der Waals surface area contributed by atoms with Crippen molar-refractivity contribution in [2.45, 2.75) is 12.8 Å². The first-order valence-corrected chi connectivity index (χ1v) is 6.53. The zero-order valence-corrected chi connectivity index (χ0v) is 11.2. The van der Waals surface area contributed by atoms with Gasteiger partial charge >= 0.3 is 5.97 Å². The van der Waals surface area contributed by atoms with Crippen LogP contribution in [0, 0.1) is 0 Å². The molecule has 1 fully saturated rings. The highest BCUT2D eigenvalue weighted by Gasteiger charge is 2.15. The van der Waals surface area contributed by atoms with Crippen molar-refractivity contribution in [1.29, 1.82) is 0 Å². The molecule has 0 amide bonds. The summed E-state index contributed by atoms with van der Waals surface area (Å²) in [7, 11) is 1.35. The molecule has 5 nitrogen and oxygen atoms in total. The lowest BCUT2D eigenvalue weighted by Gasteiger charge is -2.16. The predicted molar refractivity (Wildman–Crippen MR) is 73.4 cm³/mol. The van der Waals surface area contributed by atoms with E-state index in [1.54, 1.807) is 18.2 Å². The topological polar surface area (TPSA) is 64.8 Å². The van der Waals surface area contributed by atoms with Crippen molar-refractivity contribution < 1.29 is 14.3 Å². The molecular weight excluding hydrogens is 244 g/mol. The van der Waals surface area contributed by atoms with Gasteiger partial charge < -0.3 is 15.2 Å². The fraction of sp³-hybridized carbons (Fsp3) is 0.500. The molecule has 5 heteroatoms. The van der Waals surface area contributed by atoms with Crippen LogP contribution in [0.4, 0.5) is 5.69 Å². The third-order valence-corrected chi connectivity index (χ3v) is 3.27. The highest BCUT2D eigenvalue weighted by atomic mass is 16.5. The molecule has 2 N–H and O–H groups in total. The summed E-state index contributed by atoms with van der Waals surface area (Å²) in [4.78, 5) is 14.0. The van der Waals surface area contributed by atoms with E-state index in [4.69, 9.17) is 15.2 Å². The van der Waals surface area contributed by atoms with Gasteiger partial charge in [0.15, 0.2) is 0 Å². The number of anilines is 1. The molecule has 1 aliphatic heterocycles. The van der Waals surface area contributed by atoms with Crippen LogP contribution in [0.25, 0.3) is 0 Å². The number of methoxy groups -OCH3 is 1. The van der Waals surface area contributed by atoms with E-state index < -0.39 is 5.97 Å². The minimum atomic E-state index is -0.406. The molecule has 104 valence electrons. The molecule has 0 spiro atoms. The Labute approximate surface area is 113 Å². The summed E-state index contributed by atoms with van der Waals surface area (Å²) in [6.07, 6.45) is 2.51. The molecule has 0 aliphatic carbocycles. The highest BCUT2D eigenvalue weighted by molar-refractivity contribution is 5.93. The molecule has 0 unspecified atom stereocenters. The zero-order chi connectivity index (χ0) is 13.7. The van der Waals surface area contributed by atoms with Crippen LogP contribution < -0.4 is 10.5 Å². The van der Waals surface area contributed by atoms with Gasteiger partial charge in [0, 0.05) is 18.3 Å². The van der Waals surface area contributed by atoms with E-state index in [1.807, 2.05) is 0 Å². The Morgan fingerprint density at radius 1 is 1.37 bits per heavy atom. The molecule has 0 radical (unpaired) electrons. The minimum absolute atomic E-state index is 0.406. The molecule has 1 aromatic rings. The normalized spacial score (nSPS) is 15.4. The number of esters is 1. The number of carbonyl (C=O) groups excluding carboxylic acids is 1. The summed E-state index contributed by atoms with van der Waals surface area (Å²) in [6.45, 7) is 3.68. The first-order valence-electron chi connectivity index (χ1n) is 6.53. The number of hydrogen-bond donors (Lipinski definition) is 1. The van der Waals surface area contributed by atoms with Crippen LogP contribution in [0.1, 0.15) is 23.2 Å². The van der Waals surface area contributed by atoms with Gasteiger partial charge in [-0.15, -0.1) is 0 Å². The molecule has 0 atom stereocenters. The minimum Gasteiger partial charge on any atom is -0.491 e. The SMILES string of the molecule is COC(=O)c1ccc(N)cc1OCCN1CCCC1. The fourth-order valence-corrected chi connectivity index (χ4v) is 2.23. The number of likely N-dealkylation sites (tertiary alicyclic amines) is 1. The number of nitrogens with two attached hydrogens (primary N) is 1. The van der Waals surface area contributed by atoms with Crippen LogP contribution in [0.2, 0.25) is 0 Å². The standard InChI is InChI=1S/C14H20N2O3/c1-18-14(17)12-5-4-11(15)10-13(12)19-9-8-16-6-2-3-7-16/h4-5,10H,2-3,6-9,15H2,1H3. The van der Waals surface area contributed by atoms with Gasteiger partial charge in [-0.25, -0.2) is 4.79 Å². The van der Waals surface area contributed by atoms with Crippen LogP contribution in [0.5, 0.6) is 5.75 Å². The van der Waals surface area contributed by atoms with Crippen LogP contribution in [0.3, 0.4) is 0 Å². The van der Waals surface area contributed by atoms with E-state index in [1.165, 1.54) is 20.0 Å². The smallest absolute Gasteiger partial charge is 0.341 e. The quantitative estimate of drug-likeness (QED) is 0.645. The van der Waals surface area contributed by atoms with Gasteiger partial charge in [-0.05, 0) is 38.1 Å². The number of carbonyl (C=O) groups is 1. The second-order valence-electron chi connectivity index (χ2n) is 4.64. The zero-order valence-electron chi connectivity index (χ0n) is 11.2. The van der Waals surface area contributed by atoms with Gasteiger partial charge in [0.25, 0.3) is 0 Å². The Morgan fingerprint density at radius 2 is 2.11 bits per heavy atom. The van der Waals surface area contributed by atoms with Gasteiger partial charge in [-0.2, -0.15) is 0 Å². The Hall–Kier alpha value is -1.75. The molecule has 2 rings (SSSR count). The molecule has 1 aromatic carbocycles. The molecule has 1 saturated heterocycles. The average Bonchev–Trinajstić information content (AvgIpc) is 2.91. The Balaban J connectivity index is 1.97. The third kappa shape index (κ3) is 3.61. The number of ether oxygens (including phenoxy) is 2. The number of hydrogen-bond acceptors (Lipinski definition) is 5. The molecule has 19 heavy (non-hydrogen) atoms. The Morgan fingerprint density at radius 3 is 2.79 bits per heavy atom. The van der Waals surface area contributed by atoms with Crippen molar-refractivity contribution in [2.24, 2.45) is 0 Å². The molecule has 1 heterocycles. The molecular formula is C14H20N2O3. The monoisotopic (exact) mass is 264 g/mol. The van der Waals surface area contributed by atoms with Crippen molar-refractivity contribution in [3.8, 4) is 5.75 Å². The van der Waals surface area contributed by atoms with Crippen LogP contribution >= 0.6 is 0 Å². The third-order valence-electron chi connectivity index (χ3n) is 3.27. The van der Waals surface area contributed by atoms with Crippen LogP contribution in [-0.2, 0) is 4.74 Å². The summed E-state index contributed by atoms with van der Waals surface area (Å²) in [5, 5.41) is 0. The summed E-state index contributed by atoms with van der Waals surface area (Å²) >= 11 is 0. The molecule has 1 aliphatic rings. The van der Waals surface area contributed by atoms with E-state index in [0.29, 0.717) is 23.6 Å². The van der Waals surface area contributed by atoms with E-state index in [9.17, 15) is 4.79 Å². The lowest BCUT2D eigenvalue weighted by molar-refractivity contribution is 0.0595. The van der Waals surface area contributed by atoms with Gasteiger partial charge in [0.2, 0.25) is 0 Å². The average molecular weight is 264 g/mol. The summed E-state index contributed by atoms with van der Waals surface area (Å²) in [5.74, 6) is 0.0854. The number of nitrogen functional groups attached to an aromatic ring is 1. The first-order chi connectivity index (χ1) is 9.20. The molecule has 0 saturated carbocycles. The second kappa shape index (κ2) is 6.43. The van der Waals surface area contributed by atoms with E-state index in [-0.39, 0.29) is 0 Å². The summed E-state index contributed by atoms with van der Waals surface area (Å²) < 4.78 is 10.4. The van der Waals surface area contributed by atoms with Crippen molar-refractivity contribution in [3.63, 3.8) is 0 Å². The van der Waals surface area contributed by atoms with E-state index in [2.05, 4.69) is 4.90 Å². The predicted octanol–water partition coefficient (Wildman–Crippen LogP) is 1.53. The van der Waals surface area contributed by atoms with Crippen LogP contribution in [0.15, 0.2) is 18.2 Å². The van der Waals surface area contributed by atoms with E-state index >= 15 is 0 Å². The van der Waals surface area contributed by atoms with Gasteiger partial charge in [-0.1, -0.05) is 0 Å². The van der Waals surface area contributed by atoms with Gasteiger partial charge in [0.1, 0.15) is 17.9 Å². The number of nitrogens with zero attached hydrogens (tertiary/aromatic N) is 1. The van der Waals surface area contributed by atoms with Crippen molar-refractivity contribution in [2.75, 3.05) is 39.1 Å². The number of rotatable bonds is 5. The Bertz CT molecular complexity index is 442.